The first-order valence-corrected chi connectivity index (χ1v) is 9.86. The third-order valence-corrected chi connectivity index (χ3v) is 6.23. The van der Waals surface area contributed by atoms with Gasteiger partial charge in [-0.2, -0.15) is 0 Å². The molecular formula is C21H25NO4S. The van der Waals surface area contributed by atoms with Crippen molar-refractivity contribution in [1.82, 2.24) is 0 Å². The predicted molar refractivity (Wildman–Crippen MR) is 107 cm³/mol. The molecule has 3 rings (SSSR count). The second-order valence-corrected chi connectivity index (χ2v) is 8.95. The van der Waals surface area contributed by atoms with Gasteiger partial charge in [0, 0.05) is 11.0 Å². The van der Waals surface area contributed by atoms with Crippen LogP contribution in [0.4, 0.5) is 5.00 Å². The minimum absolute atomic E-state index is 0.211. The summed E-state index contributed by atoms with van der Waals surface area (Å²) in [7, 11) is 1.37. The smallest absolute Gasteiger partial charge is 0.341 e. The Bertz CT molecular complexity index is 856. The molecule has 0 spiro atoms. The topological polar surface area (TPSA) is 68.5 Å². The zero-order valence-corrected chi connectivity index (χ0v) is 16.9. The van der Waals surface area contributed by atoms with E-state index in [0.29, 0.717) is 22.2 Å². The van der Waals surface area contributed by atoms with Crippen molar-refractivity contribution in [3.8, 4) is 0 Å². The van der Waals surface area contributed by atoms with Crippen molar-refractivity contribution in [3.05, 3.63) is 46.2 Å². The van der Waals surface area contributed by atoms with Crippen molar-refractivity contribution in [2.75, 3.05) is 12.4 Å². The number of amides is 1. The molecule has 27 heavy (non-hydrogen) atoms. The van der Waals surface area contributed by atoms with E-state index in [1.54, 1.807) is 24.5 Å². The number of rotatable bonds is 4. The molecule has 0 saturated carbocycles. The highest BCUT2D eigenvalue weighted by Gasteiger charge is 2.34. The second-order valence-electron chi connectivity index (χ2n) is 7.84. The lowest BCUT2D eigenvalue weighted by Crippen LogP contribution is -2.26. The maximum Gasteiger partial charge on any atom is 0.341 e. The summed E-state index contributed by atoms with van der Waals surface area (Å²) in [6, 6.07) is 3.52. The minimum Gasteiger partial charge on any atom is -0.465 e. The summed E-state index contributed by atoms with van der Waals surface area (Å²) in [6.45, 7) is 6.75. The summed E-state index contributed by atoms with van der Waals surface area (Å²) in [5.74, 6) is 0.447. The van der Waals surface area contributed by atoms with Crippen molar-refractivity contribution in [1.29, 1.82) is 0 Å². The van der Waals surface area contributed by atoms with Gasteiger partial charge in [0.15, 0.2) is 0 Å². The maximum atomic E-state index is 12.4. The van der Waals surface area contributed by atoms with Crippen LogP contribution < -0.4 is 5.32 Å². The normalized spacial score (nSPS) is 17.0. The van der Waals surface area contributed by atoms with Gasteiger partial charge in [-0.3, -0.25) is 4.79 Å². The summed E-state index contributed by atoms with van der Waals surface area (Å²) in [6.07, 6.45) is 7.32. The molecule has 144 valence electrons. The molecule has 0 aliphatic heterocycles. The first kappa shape index (κ1) is 19.4. The molecule has 1 aliphatic rings. The van der Waals surface area contributed by atoms with Crippen LogP contribution in [0.5, 0.6) is 0 Å². The summed E-state index contributed by atoms with van der Waals surface area (Å²) < 4.78 is 10.2. The summed E-state index contributed by atoms with van der Waals surface area (Å²) in [4.78, 5) is 25.9. The van der Waals surface area contributed by atoms with Crippen molar-refractivity contribution in [2.45, 2.75) is 40.0 Å². The number of esters is 1. The first-order chi connectivity index (χ1) is 12.8. The van der Waals surface area contributed by atoms with Crippen LogP contribution in [0.2, 0.25) is 0 Å². The number of hydrogen-bond acceptors (Lipinski definition) is 5. The molecule has 0 bridgehead atoms. The number of hydrogen-bond donors (Lipinski definition) is 1. The van der Waals surface area contributed by atoms with Gasteiger partial charge >= 0.3 is 5.97 Å². The van der Waals surface area contributed by atoms with Gasteiger partial charge in [0.2, 0.25) is 5.91 Å². The maximum absolute atomic E-state index is 12.4. The van der Waals surface area contributed by atoms with Gasteiger partial charge in [0.25, 0.3) is 0 Å². The first-order valence-electron chi connectivity index (χ1n) is 9.05. The number of carbonyl (C=O) groups excluding carboxylic acids is 2. The molecule has 0 fully saturated rings. The Kier molecular flexibility index (Phi) is 5.56. The third-order valence-electron chi connectivity index (χ3n) is 5.06. The van der Waals surface area contributed by atoms with Crippen molar-refractivity contribution in [2.24, 2.45) is 11.3 Å². The van der Waals surface area contributed by atoms with Crippen molar-refractivity contribution in [3.63, 3.8) is 0 Å². The highest BCUT2D eigenvalue weighted by molar-refractivity contribution is 7.17. The zero-order valence-electron chi connectivity index (χ0n) is 16.1. The van der Waals surface area contributed by atoms with Gasteiger partial charge in [-0.25, -0.2) is 4.79 Å². The molecule has 1 amide bonds. The molecule has 2 heterocycles. The van der Waals surface area contributed by atoms with E-state index in [1.165, 1.54) is 29.4 Å². The highest BCUT2D eigenvalue weighted by Crippen LogP contribution is 2.44. The monoisotopic (exact) mass is 387 g/mol. The molecule has 1 atom stereocenters. The van der Waals surface area contributed by atoms with Gasteiger partial charge < -0.3 is 14.5 Å². The lowest BCUT2D eigenvalue weighted by atomic mass is 9.72. The van der Waals surface area contributed by atoms with Crippen LogP contribution in [0.25, 0.3) is 6.08 Å². The number of furan rings is 1. The second kappa shape index (κ2) is 7.72. The van der Waals surface area contributed by atoms with E-state index in [9.17, 15) is 9.59 Å². The van der Waals surface area contributed by atoms with E-state index in [4.69, 9.17) is 9.15 Å². The van der Waals surface area contributed by atoms with Crippen LogP contribution >= 0.6 is 11.3 Å². The Morgan fingerprint density at radius 3 is 2.78 bits per heavy atom. The van der Waals surface area contributed by atoms with E-state index < -0.39 is 5.97 Å². The molecule has 1 N–H and O–H groups in total. The molecule has 0 saturated heterocycles. The third kappa shape index (κ3) is 4.33. The SMILES string of the molecule is COC(=O)c1c(NC(=O)/C=C/c2ccco2)sc2c1CCC(C(C)(C)C)C2. The van der Waals surface area contributed by atoms with E-state index in [1.807, 2.05) is 0 Å². The van der Waals surface area contributed by atoms with Crippen LogP contribution in [-0.4, -0.2) is 19.0 Å². The molecular weight excluding hydrogens is 362 g/mol. The number of methoxy groups -OCH3 is 1. The largest absolute Gasteiger partial charge is 0.465 e. The lowest BCUT2D eigenvalue weighted by molar-refractivity contribution is -0.111. The van der Waals surface area contributed by atoms with Crippen molar-refractivity contribution < 1.29 is 18.7 Å². The van der Waals surface area contributed by atoms with Crippen LogP contribution in [-0.2, 0) is 22.4 Å². The fraction of sp³-hybridized carbons (Fsp3) is 0.429. The van der Waals surface area contributed by atoms with Crippen LogP contribution in [0.3, 0.4) is 0 Å². The summed E-state index contributed by atoms with van der Waals surface area (Å²) in [5.41, 5.74) is 1.74. The standard InChI is InChI=1S/C21H25NO4S/c1-21(2,3)13-7-9-15-16(12-13)27-19(18(15)20(24)25-4)22-17(23)10-8-14-6-5-11-26-14/h5-6,8,10-11,13H,7,9,12H2,1-4H3,(H,22,23)/b10-8+. The fourth-order valence-corrected chi connectivity index (χ4v) is 4.75. The molecule has 0 radical (unpaired) electrons. The number of carbonyl (C=O) groups is 2. The molecule has 1 unspecified atom stereocenters. The fourth-order valence-electron chi connectivity index (χ4n) is 3.43. The number of nitrogens with one attached hydrogen (secondary N) is 1. The lowest BCUT2D eigenvalue weighted by Gasteiger charge is -2.33. The number of anilines is 1. The molecule has 2 aromatic rings. The Morgan fingerprint density at radius 1 is 1.37 bits per heavy atom. The number of ether oxygens (including phenoxy) is 1. The number of thiophene rings is 1. The van der Waals surface area contributed by atoms with Crippen LogP contribution in [0.15, 0.2) is 28.9 Å². The minimum atomic E-state index is -0.396. The van der Waals surface area contributed by atoms with Gasteiger partial charge in [0.05, 0.1) is 18.9 Å². The van der Waals surface area contributed by atoms with Gasteiger partial charge in [0.1, 0.15) is 10.8 Å². The van der Waals surface area contributed by atoms with E-state index in [0.717, 1.165) is 24.8 Å². The summed E-state index contributed by atoms with van der Waals surface area (Å²) in [5, 5.41) is 3.41. The molecule has 1 aliphatic carbocycles. The highest BCUT2D eigenvalue weighted by atomic mass is 32.1. The van der Waals surface area contributed by atoms with Crippen LogP contribution in [0.1, 0.15) is 53.8 Å². The summed E-state index contributed by atoms with van der Waals surface area (Å²) >= 11 is 1.49. The van der Waals surface area contributed by atoms with Crippen molar-refractivity contribution >= 4 is 34.3 Å². The molecule has 5 nitrogen and oxygen atoms in total. The average molecular weight is 388 g/mol. The average Bonchev–Trinajstić information content (AvgIpc) is 3.25. The predicted octanol–water partition coefficient (Wildman–Crippen LogP) is 4.93. The van der Waals surface area contributed by atoms with E-state index >= 15 is 0 Å². The number of fused-ring (bicyclic) bond motifs is 1. The molecule has 2 aromatic heterocycles. The van der Waals surface area contributed by atoms with E-state index in [2.05, 4.69) is 26.1 Å². The van der Waals surface area contributed by atoms with E-state index in [-0.39, 0.29) is 11.3 Å². The van der Waals surface area contributed by atoms with Gasteiger partial charge in [-0.1, -0.05) is 20.8 Å². The molecule has 6 heteroatoms. The Balaban J connectivity index is 1.85. The Labute approximate surface area is 163 Å². The molecule has 0 aromatic carbocycles. The van der Waals surface area contributed by atoms with Gasteiger partial charge in [-0.15, -0.1) is 11.3 Å². The zero-order chi connectivity index (χ0) is 19.6. The van der Waals surface area contributed by atoms with Gasteiger partial charge in [-0.05, 0) is 54.4 Å². The Hall–Kier alpha value is -2.34. The quantitative estimate of drug-likeness (QED) is 0.596. The van der Waals surface area contributed by atoms with Crippen LogP contribution in [0, 0.1) is 11.3 Å². The Morgan fingerprint density at radius 2 is 2.15 bits per heavy atom.